The second-order valence-electron chi connectivity index (χ2n) is 7.18. The van der Waals surface area contributed by atoms with Crippen molar-refractivity contribution in [3.63, 3.8) is 0 Å². The van der Waals surface area contributed by atoms with Crippen molar-refractivity contribution < 1.29 is 9.53 Å². The topological polar surface area (TPSA) is 56.1 Å². The van der Waals surface area contributed by atoms with Crippen LogP contribution in [0.4, 0.5) is 5.82 Å². The molecule has 2 heterocycles. The number of amides is 1. The summed E-state index contributed by atoms with van der Waals surface area (Å²) in [6.07, 6.45) is 0. The average molecular weight is 448 g/mol. The predicted molar refractivity (Wildman–Crippen MR) is 118 cm³/mol. The fourth-order valence-electron chi connectivity index (χ4n) is 3.01. The molecule has 1 N–H and O–H groups in total. The van der Waals surface area contributed by atoms with Crippen molar-refractivity contribution in [2.24, 2.45) is 0 Å². The van der Waals surface area contributed by atoms with E-state index in [2.05, 4.69) is 5.32 Å². The van der Waals surface area contributed by atoms with Gasteiger partial charge in [-0.2, -0.15) is 16.9 Å². The molecule has 0 bridgehead atoms. The third-order valence-corrected chi connectivity index (χ3v) is 6.06. The number of ether oxygens (including phenoxy) is 1. The normalized spacial score (nSPS) is 13.2. The van der Waals surface area contributed by atoms with Gasteiger partial charge in [0, 0.05) is 27.1 Å². The van der Waals surface area contributed by atoms with Gasteiger partial charge in [-0.15, -0.1) is 0 Å². The molecule has 2 aromatic carbocycles. The van der Waals surface area contributed by atoms with Gasteiger partial charge in [0.15, 0.2) is 5.60 Å². The predicted octanol–water partition coefficient (Wildman–Crippen LogP) is 5.72. The van der Waals surface area contributed by atoms with Crippen LogP contribution in [0, 0.1) is 0 Å². The van der Waals surface area contributed by atoms with E-state index in [1.54, 1.807) is 66.7 Å². The summed E-state index contributed by atoms with van der Waals surface area (Å²) in [5, 5.41) is 9.00. The van der Waals surface area contributed by atoms with Gasteiger partial charge in [0.05, 0.1) is 11.4 Å². The molecule has 0 radical (unpaired) electrons. The molecular formula is C21H19Cl2N3O2S. The monoisotopic (exact) mass is 447 g/mol. The van der Waals surface area contributed by atoms with Crippen LogP contribution in [0.2, 0.25) is 10.0 Å². The summed E-state index contributed by atoms with van der Waals surface area (Å²) < 4.78 is 7.69. The number of hydrogen-bond donors (Lipinski definition) is 1. The fraction of sp³-hybridized carbons (Fsp3) is 0.238. The van der Waals surface area contributed by atoms with Crippen LogP contribution in [0.5, 0.6) is 5.75 Å². The van der Waals surface area contributed by atoms with Crippen LogP contribution >= 0.6 is 35.0 Å². The Kier molecular flexibility index (Phi) is 5.51. The average Bonchev–Trinajstić information content (AvgIpc) is 3.27. The number of nitrogens with zero attached hydrogens (tertiary/aromatic N) is 2. The highest BCUT2D eigenvalue weighted by molar-refractivity contribution is 7.98. The number of carbonyl (C=O) groups excluding carboxylic acids is 1. The maximum Gasteiger partial charge on any atom is 0.269 e. The van der Waals surface area contributed by atoms with Crippen LogP contribution in [0.15, 0.2) is 48.5 Å². The van der Waals surface area contributed by atoms with E-state index in [-0.39, 0.29) is 5.91 Å². The second kappa shape index (κ2) is 7.94. The van der Waals surface area contributed by atoms with Crippen molar-refractivity contribution in [3.8, 4) is 11.4 Å². The SMILES string of the molecule is CC(C)(Oc1ccc(Cl)cc1)C(=O)Nc1c2c(nn1-c1ccc(Cl)cc1)CSC2. The number of halogens is 2. The Morgan fingerprint density at radius 1 is 1.07 bits per heavy atom. The first-order valence-electron chi connectivity index (χ1n) is 9.04. The Hall–Kier alpha value is -2.15. The molecule has 0 atom stereocenters. The van der Waals surface area contributed by atoms with Crippen LogP contribution in [-0.4, -0.2) is 21.3 Å². The molecule has 0 saturated heterocycles. The van der Waals surface area contributed by atoms with Crippen molar-refractivity contribution in [1.82, 2.24) is 9.78 Å². The summed E-state index contributed by atoms with van der Waals surface area (Å²) in [5.41, 5.74) is 1.76. The van der Waals surface area contributed by atoms with Gasteiger partial charge in [-0.3, -0.25) is 4.79 Å². The van der Waals surface area contributed by atoms with Gasteiger partial charge in [0.25, 0.3) is 5.91 Å². The van der Waals surface area contributed by atoms with Gasteiger partial charge < -0.3 is 10.1 Å². The van der Waals surface area contributed by atoms with Crippen LogP contribution in [0.25, 0.3) is 5.69 Å². The standard InChI is InChI=1S/C21H19Cl2N3O2S/c1-21(2,28-16-9-5-14(23)6-10-16)20(27)24-19-17-11-29-12-18(17)25-26(19)15-7-3-13(22)4-8-15/h3-10H,11-12H2,1-2H3,(H,24,27). The van der Waals surface area contributed by atoms with E-state index in [1.165, 1.54) is 0 Å². The lowest BCUT2D eigenvalue weighted by atomic mass is 10.1. The maximum atomic E-state index is 13.1. The summed E-state index contributed by atoms with van der Waals surface area (Å²) in [6, 6.07) is 14.3. The number of fused-ring (bicyclic) bond motifs is 1. The lowest BCUT2D eigenvalue weighted by Crippen LogP contribution is -2.43. The van der Waals surface area contributed by atoms with Crippen LogP contribution in [0.3, 0.4) is 0 Å². The molecule has 1 aromatic heterocycles. The molecule has 0 unspecified atom stereocenters. The molecule has 0 aliphatic carbocycles. The molecule has 3 aromatic rings. The molecule has 0 spiro atoms. The Morgan fingerprint density at radius 2 is 1.69 bits per heavy atom. The zero-order valence-electron chi connectivity index (χ0n) is 15.9. The smallest absolute Gasteiger partial charge is 0.269 e. The van der Waals surface area contributed by atoms with Crippen molar-refractivity contribution in [1.29, 1.82) is 0 Å². The zero-order chi connectivity index (χ0) is 20.6. The van der Waals surface area contributed by atoms with Crippen molar-refractivity contribution >= 4 is 46.7 Å². The molecule has 0 fully saturated rings. The summed E-state index contributed by atoms with van der Waals surface area (Å²) in [7, 11) is 0. The molecule has 150 valence electrons. The molecule has 1 amide bonds. The van der Waals surface area contributed by atoms with Crippen molar-refractivity contribution in [2.75, 3.05) is 5.32 Å². The number of rotatable bonds is 5. The number of anilines is 1. The molecule has 5 nitrogen and oxygen atoms in total. The van der Waals surface area contributed by atoms with Gasteiger partial charge in [-0.25, -0.2) is 4.68 Å². The molecule has 4 rings (SSSR count). The third-order valence-electron chi connectivity index (χ3n) is 4.59. The first kappa shape index (κ1) is 20.1. The van der Waals surface area contributed by atoms with Gasteiger partial charge in [0.2, 0.25) is 0 Å². The van der Waals surface area contributed by atoms with E-state index in [4.69, 9.17) is 33.0 Å². The van der Waals surface area contributed by atoms with Crippen LogP contribution < -0.4 is 10.1 Å². The molecule has 1 aliphatic heterocycles. The maximum absolute atomic E-state index is 13.1. The van der Waals surface area contributed by atoms with E-state index in [0.717, 1.165) is 28.5 Å². The van der Waals surface area contributed by atoms with Crippen LogP contribution in [0.1, 0.15) is 25.1 Å². The first-order chi connectivity index (χ1) is 13.8. The lowest BCUT2D eigenvalue weighted by Gasteiger charge is -2.25. The lowest BCUT2D eigenvalue weighted by molar-refractivity contribution is -0.128. The van der Waals surface area contributed by atoms with E-state index in [9.17, 15) is 4.79 Å². The minimum absolute atomic E-state index is 0.262. The van der Waals surface area contributed by atoms with E-state index in [0.29, 0.717) is 21.6 Å². The van der Waals surface area contributed by atoms with Crippen molar-refractivity contribution in [3.05, 3.63) is 69.8 Å². The molecular weight excluding hydrogens is 429 g/mol. The quantitative estimate of drug-likeness (QED) is 0.542. The Morgan fingerprint density at radius 3 is 2.34 bits per heavy atom. The number of hydrogen-bond acceptors (Lipinski definition) is 4. The number of benzene rings is 2. The summed E-state index contributed by atoms with van der Waals surface area (Å²) in [6.45, 7) is 3.46. The number of carbonyl (C=O) groups is 1. The molecule has 1 aliphatic rings. The number of thioether (sulfide) groups is 1. The minimum atomic E-state index is -1.10. The number of aromatic nitrogens is 2. The molecule has 0 saturated carbocycles. The highest BCUT2D eigenvalue weighted by Gasteiger charge is 2.33. The van der Waals surface area contributed by atoms with E-state index >= 15 is 0 Å². The van der Waals surface area contributed by atoms with Gasteiger partial charge >= 0.3 is 0 Å². The minimum Gasteiger partial charge on any atom is -0.478 e. The van der Waals surface area contributed by atoms with Crippen LogP contribution in [-0.2, 0) is 16.3 Å². The fourth-order valence-corrected chi connectivity index (χ4v) is 4.30. The second-order valence-corrected chi connectivity index (χ2v) is 9.03. The Labute approximate surface area is 183 Å². The van der Waals surface area contributed by atoms with E-state index < -0.39 is 5.60 Å². The number of nitrogens with one attached hydrogen (secondary N) is 1. The van der Waals surface area contributed by atoms with Gasteiger partial charge in [-0.05, 0) is 62.4 Å². The van der Waals surface area contributed by atoms with Gasteiger partial charge in [-0.1, -0.05) is 23.2 Å². The highest BCUT2D eigenvalue weighted by atomic mass is 35.5. The first-order valence-corrected chi connectivity index (χ1v) is 10.9. The Bertz CT molecular complexity index is 1050. The largest absolute Gasteiger partial charge is 0.478 e. The summed E-state index contributed by atoms with van der Waals surface area (Å²) in [5.74, 6) is 2.61. The summed E-state index contributed by atoms with van der Waals surface area (Å²) >= 11 is 13.7. The Balaban J connectivity index is 1.62. The highest BCUT2D eigenvalue weighted by Crippen LogP contribution is 2.36. The zero-order valence-corrected chi connectivity index (χ0v) is 18.2. The summed E-state index contributed by atoms with van der Waals surface area (Å²) in [4.78, 5) is 13.1. The molecule has 8 heteroatoms. The van der Waals surface area contributed by atoms with Crippen molar-refractivity contribution in [2.45, 2.75) is 31.0 Å². The molecule has 29 heavy (non-hydrogen) atoms. The van der Waals surface area contributed by atoms with Gasteiger partial charge in [0.1, 0.15) is 11.6 Å². The van der Waals surface area contributed by atoms with E-state index in [1.807, 2.05) is 12.1 Å². The third kappa shape index (κ3) is 4.25.